The van der Waals surface area contributed by atoms with E-state index in [4.69, 9.17) is 14.3 Å². The minimum absolute atomic E-state index is 0. The molecule has 0 radical (unpaired) electrons. The Morgan fingerprint density at radius 2 is 1.81 bits per heavy atom. The Hall–Kier alpha value is -0.240. The number of nitrogens with zero attached hydrogens (tertiary/aromatic N) is 3. The monoisotopic (exact) mass is 389 g/mol. The molecule has 0 N–H and O–H groups in total. The highest BCUT2D eigenvalue weighted by Crippen LogP contribution is 2.49. The summed E-state index contributed by atoms with van der Waals surface area (Å²) in [5, 5.41) is 8.81. The second kappa shape index (κ2) is 14.8. The molecule has 6 heteroatoms. The molecule has 1 fully saturated rings. The van der Waals surface area contributed by atoms with Gasteiger partial charge in [-0.3, -0.25) is 4.90 Å². The number of rotatable bonds is 11. The molecule has 1 aliphatic rings. The van der Waals surface area contributed by atoms with E-state index in [1.54, 1.807) is 0 Å². The van der Waals surface area contributed by atoms with E-state index in [2.05, 4.69) is 57.2 Å². The molecule has 1 saturated heterocycles. The van der Waals surface area contributed by atoms with Crippen molar-refractivity contribution in [1.82, 2.24) is 9.57 Å². The minimum Gasteiger partial charge on any atom is -0.321 e. The second-order valence-electron chi connectivity index (χ2n) is 6.99. The van der Waals surface area contributed by atoms with Crippen LogP contribution in [0.15, 0.2) is 0 Å². The lowest BCUT2D eigenvalue weighted by Gasteiger charge is -2.38. The van der Waals surface area contributed by atoms with Gasteiger partial charge in [0.2, 0.25) is 0 Å². The van der Waals surface area contributed by atoms with Crippen molar-refractivity contribution in [1.29, 1.82) is 5.26 Å². The van der Waals surface area contributed by atoms with Gasteiger partial charge >= 0.3 is 0 Å². The summed E-state index contributed by atoms with van der Waals surface area (Å²) in [6.07, 6.45) is 4.00. The third-order valence-corrected chi connectivity index (χ3v) is 6.57. The molecule has 1 aliphatic heterocycles. The van der Waals surface area contributed by atoms with Gasteiger partial charge < -0.3 is 9.05 Å². The van der Waals surface area contributed by atoms with Gasteiger partial charge in [0.15, 0.2) is 0 Å². The van der Waals surface area contributed by atoms with Crippen LogP contribution in [0.1, 0.15) is 82.1 Å². The van der Waals surface area contributed by atoms with Gasteiger partial charge in [-0.05, 0) is 53.5 Å². The zero-order valence-corrected chi connectivity index (χ0v) is 17.3. The van der Waals surface area contributed by atoms with Crippen LogP contribution < -0.4 is 0 Å². The Labute approximate surface area is 165 Å². The zero-order chi connectivity index (χ0) is 18.1. The first kappa shape index (κ1) is 28.0. The predicted octanol–water partition coefficient (Wildman–Crippen LogP) is 5.81. The Morgan fingerprint density at radius 3 is 2.27 bits per heavy atom. The fourth-order valence-corrected chi connectivity index (χ4v) is 5.29. The van der Waals surface area contributed by atoms with Crippen LogP contribution in [0.5, 0.6) is 0 Å². The van der Waals surface area contributed by atoms with E-state index in [-0.39, 0.29) is 21.0 Å². The molecule has 0 aromatic carbocycles. The van der Waals surface area contributed by atoms with Crippen LogP contribution in [-0.4, -0.2) is 53.5 Å². The van der Waals surface area contributed by atoms with Gasteiger partial charge in [0.05, 0.1) is 25.2 Å². The fraction of sp³-hybridized carbons (Fsp3) is 0.950. The third-order valence-electron chi connectivity index (χ3n) is 4.42. The maximum atomic E-state index is 8.81. The van der Waals surface area contributed by atoms with Crippen LogP contribution in [0.4, 0.5) is 0 Å². The minimum atomic E-state index is -1.13. The summed E-state index contributed by atoms with van der Waals surface area (Å²) in [7, 11) is -1.13. The molecule has 0 aromatic rings. The molecule has 0 spiro atoms. The van der Waals surface area contributed by atoms with Crippen molar-refractivity contribution in [3.63, 3.8) is 0 Å². The van der Waals surface area contributed by atoms with E-state index >= 15 is 0 Å². The first-order chi connectivity index (χ1) is 11.5. The largest absolute Gasteiger partial charge is 0.321 e. The fourth-order valence-electron chi connectivity index (χ4n) is 3.51. The summed E-state index contributed by atoms with van der Waals surface area (Å²) in [5.41, 5.74) is 0. The van der Waals surface area contributed by atoms with E-state index in [0.29, 0.717) is 31.2 Å². The molecular formula is C20H44N3O2P. The van der Waals surface area contributed by atoms with Gasteiger partial charge in [-0.15, -0.1) is 0 Å². The van der Waals surface area contributed by atoms with Crippen LogP contribution in [0.3, 0.4) is 0 Å². The molecule has 5 nitrogen and oxygen atoms in total. The summed E-state index contributed by atoms with van der Waals surface area (Å²) in [6.45, 7) is 15.9. The van der Waals surface area contributed by atoms with Gasteiger partial charge in [-0.1, -0.05) is 28.7 Å². The van der Waals surface area contributed by atoms with Gasteiger partial charge in [-0.25, -0.2) is 4.67 Å². The summed E-state index contributed by atoms with van der Waals surface area (Å²) in [6, 6.07) is 3.35. The summed E-state index contributed by atoms with van der Waals surface area (Å²) in [5.74, 6) is 0. The first-order valence-electron chi connectivity index (χ1n) is 9.45. The van der Waals surface area contributed by atoms with Gasteiger partial charge in [-0.2, -0.15) is 5.26 Å². The number of nitriles is 1. The van der Waals surface area contributed by atoms with E-state index in [1.165, 1.54) is 6.42 Å². The molecule has 0 amide bonds. The highest BCUT2D eigenvalue weighted by molar-refractivity contribution is 7.44. The van der Waals surface area contributed by atoms with Crippen LogP contribution in [0, 0.1) is 11.3 Å². The normalized spacial score (nSPS) is 21.5. The summed E-state index contributed by atoms with van der Waals surface area (Å²) >= 11 is 0. The molecule has 1 rings (SSSR count). The molecular weight excluding hydrogens is 345 g/mol. The lowest BCUT2D eigenvalue weighted by Crippen LogP contribution is -2.38. The molecule has 156 valence electrons. The van der Waals surface area contributed by atoms with Crippen molar-refractivity contribution < 1.29 is 9.05 Å². The van der Waals surface area contributed by atoms with Crippen molar-refractivity contribution >= 4 is 8.53 Å². The highest BCUT2D eigenvalue weighted by Gasteiger charge is 2.38. The predicted molar refractivity (Wildman–Crippen MR) is 114 cm³/mol. The number of hydrogen-bond acceptors (Lipinski definition) is 5. The van der Waals surface area contributed by atoms with Crippen molar-refractivity contribution in [2.24, 2.45) is 0 Å². The van der Waals surface area contributed by atoms with Crippen LogP contribution in [0.25, 0.3) is 0 Å². The van der Waals surface area contributed by atoms with Crippen molar-refractivity contribution in [2.45, 2.75) is 106 Å². The Bertz CT molecular complexity index is 380. The van der Waals surface area contributed by atoms with E-state index in [9.17, 15) is 0 Å². The lowest BCUT2D eigenvalue weighted by atomic mass is 10.1. The standard InChI is InChI=1S/C18H36N3O2P.2CH4/c1-7-12-20-13-10-18(17(20)8-2)23-24(22-14-9-11-19)21(15(3)4)16(5)6;;/h15-18H,7-10,12-14H2,1-6H3;2*1H4/t17-,18+,24?;;/m0../s1. The molecule has 0 aliphatic carbocycles. The number of hydrogen-bond donors (Lipinski definition) is 0. The van der Waals surface area contributed by atoms with E-state index in [0.717, 1.165) is 25.9 Å². The van der Waals surface area contributed by atoms with Gasteiger partial charge in [0.1, 0.15) is 0 Å². The zero-order valence-electron chi connectivity index (χ0n) is 16.4. The smallest absolute Gasteiger partial charge is 0.259 e. The van der Waals surface area contributed by atoms with Gasteiger partial charge in [0, 0.05) is 24.7 Å². The second-order valence-corrected chi connectivity index (χ2v) is 8.40. The molecule has 0 aromatic heterocycles. The van der Waals surface area contributed by atoms with Gasteiger partial charge in [0.25, 0.3) is 8.53 Å². The molecule has 1 heterocycles. The Morgan fingerprint density at radius 1 is 1.19 bits per heavy atom. The first-order valence-corrected chi connectivity index (χ1v) is 10.6. The Balaban J connectivity index is 0. The van der Waals surface area contributed by atoms with E-state index < -0.39 is 8.53 Å². The average molecular weight is 390 g/mol. The maximum Gasteiger partial charge on any atom is 0.259 e. The van der Waals surface area contributed by atoms with Crippen molar-refractivity contribution in [3.05, 3.63) is 0 Å². The third kappa shape index (κ3) is 8.19. The van der Waals surface area contributed by atoms with Crippen molar-refractivity contribution in [2.75, 3.05) is 19.7 Å². The van der Waals surface area contributed by atoms with E-state index in [1.807, 2.05) is 0 Å². The topological polar surface area (TPSA) is 48.7 Å². The highest BCUT2D eigenvalue weighted by atomic mass is 31.2. The van der Waals surface area contributed by atoms with Crippen LogP contribution in [0.2, 0.25) is 0 Å². The molecule has 3 atom stereocenters. The molecule has 1 unspecified atom stereocenters. The molecule has 0 bridgehead atoms. The molecule has 0 saturated carbocycles. The number of likely N-dealkylation sites (tertiary alicyclic amines) is 1. The van der Waals surface area contributed by atoms with Crippen LogP contribution in [-0.2, 0) is 9.05 Å². The summed E-state index contributed by atoms with van der Waals surface area (Å²) in [4.78, 5) is 2.56. The maximum absolute atomic E-state index is 8.81. The Kier molecular flexibility index (Phi) is 15.9. The molecule has 26 heavy (non-hydrogen) atoms. The van der Waals surface area contributed by atoms with Crippen LogP contribution >= 0.6 is 8.53 Å². The summed E-state index contributed by atoms with van der Waals surface area (Å²) < 4.78 is 14.9. The SMILES string of the molecule is C.C.CCCN1CC[C@@H](OP(OCCC#N)N(C(C)C)C(C)C)[C@@H]1CC. The lowest BCUT2D eigenvalue weighted by molar-refractivity contribution is 0.0985. The average Bonchev–Trinajstić information content (AvgIpc) is 2.88. The quantitative estimate of drug-likeness (QED) is 0.329. The van der Waals surface area contributed by atoms with Crippen molar-refractivity contribution in [3.8, 4) is 6.07 Å².